The number of ether oxygens (including phenoxy) is 1. The minimum atomic E-state index is -0.276. The molecule has 1 rings (SSSR count). The van der Waals surface area contributed by atoms with Crippen LogP contribution in [0.4, 0.5) is 0 Å². The molecule has 14 heavy (non-hydrogen) atoms. The van der Waals surface area contributed by atoms with Crippen LogP contribution in [-0.2, 0) is 9.53 Å². The molecule has 0 unspecified atom stereocenters. The van der Waals surface area contributed by atoms with Crippen LogP contribution in [0.3, 0.4) is 0 Å². The summed E-state index contributed by atoms with van der Waals surface area (Å²) in [4.78, 5) is 11.2. The van der Waals surface area contributed by atoms with Crippen molar-refractivity contribution in [2.75, 3.05) is 5.88 Å². The lowest BCUT2D eigenvalue weighted by Crippen LogP contribution is -2.42. The molecule has 0 saturated heterocycles. The molecule has 3 heteroatoms. The molecule has 0 N–H and O–H groups in total. The third-order valence-electron chi connectivity index (χ3n) is 3.18. The second kappa shape index (κ2) is 5.01. The summed E-state index contributed by atoms with van der Waals surface area (Å²) in [6.07, 6.45) is 5.56. The number of carbonyl (C=O) groups excluding carboxylic acids is 1. The van der Waals surface area contributed by atoms with Gasteiger partial charge in [-0.3, -0.25) is 4.79 Å². The van der Waals surface area contributed by atoms with Gasteiger partial charge in [0.15, 0.2) is 0 Å². The van der Waals surface area contributed by atoms with Crippen molar-refractivity contribution in [2.24, 2.45) is 5.92 Å². The second-order valence-electron chi connectivity index (χ2n) is 4.39. The molecule has 1 aliphatic rings. The standard InChI is InChI=1S/C11H19ClO2/c1-9(2)11(14-10(13)8-12)6-4-3-5-7-11/h9H,3-8H2,1-2H3. The highest BCUT2D eigenvalue weighted by molar-refractivity contribution is 6.26. The first-order valence-corrected chi connectivity index (χ1v) is 5.92. The van der Waals surface area contributed by atoms with Crippen molar-refractivity contribution in [3.05, 3.63) is 0 Å². The number of hydrogen-bond acceptors (Lipinski definition) is 2. The number of rotatable bonds is 3. The Bertz CT molecular complexity index is 195. The maximum Gasteiger partial charge on any atom is 0.321 e. The topological polar surface area (TPSA) is 26.3 Å². The Balaban J connectivity index is 2.65. The Morgan fingerprint density at radius 1 is 1.36 bits per heavy atom. The number of esters is 1. The zero-order valence-corrected chi connectivity index (χ0v) is 9.77. The van der Waals surface area contributed by atoms with Gasteiger partial charge in [0, 0.05) is 0 Å². The van der Waals surface area contributed by atoms with E-state index in [0.717, 1.165) is 25.7 Å². The van der Waals surface area contributed by atoms with Gasteiger partial charge in [-0.25, -0.2) is 0 Å². The molecule has 0 aromatic carbocycles. The Morgan fingerprint density at radius 2 is 1.93 bits per heavy atom. The molecule has 0 amide bonds. The fourth-order valence-electron chi connectivity index (χ4n) is 2.20. The Hall–Kier alpha value is -0.240. The molecule has 82 valence electrons. The third-order valence-corrected chi connectivity index (χ3v) is 3.40. The molecule has 0 radical (unpaired) electrons. The zero-order valence-electron chi connectivity index (χ0n) is 9.01. The van der Waals surface area contributed by atoms with Crippen LogP contribution in [0.5, 0.6) is 0 Å². The molecule has 2 nitrogen and oxygen atoms in total. The normalized spacial score (nSPS) is 20.9. The van der Waals surface area contributed by atoms with Gasteiger partial charge in [0.2, 0.25) is 0 Å². The van der Waals surface area contributed by atoms with E-state index in [2.05, 4.69) is 13.8 Å². The molecule has 0 bridgehead atoms. The molecule has 1 fully saturated rings. The highest BCUT2D eigenvalue weighted by atomic mass is 35.5. The second-order valence-corrected chi connectivity index (χ2v) is 4.66. The van der Waals surface area contributed by atoms with Crippen LogP contribution in [0.2, 0.25) is 0 Å². The van der Waals surface area contributed by atoms with Gasteiger partial charge >= 0.3 is 5.97 Å². The summed E-state index contributed by atoms with van der Waals surface area (Å²) in [5.41, 5.74) is -0.232. The van der Waals surface area contributed by atoms with Gasteiger partial charge in [-0.15, -0.1) is 11.6 Å². The molecular weight excluding hydrogens is 200 g/mol. The van der Waals surface area contributed by atoms with E-state index in [1.807, 2.05) is 0 Å². The lowest BCUT2D eigenvalue weighted by Gasteiger charge is -2.40. The number of halogens is 1. The maximum absolute atomic E-state index is 11.2. The summed E-state index contributed by atoms with van der Waals surface area (Å²) >= 11 is 5.46. The molecule has 1 saturated carbocycles. The molecule has 0 atom stereocenters. The van der Waals surface area contributed by atoms with Crippen LogP contribution in [0, 0.1) is 5.92 Å². The van der Waals surface area contributed by atoms with E-state index >= 15 is 0 Å². The van der Waals surface area contributed by atoms with E-state index in [4.69, 9.17) is 16.3 Å². The Labute approximate surface area is 91.0 Å². The summed E-state index contributed by atoms with van der Waals surface area (Å²) in [6.45, 7) is 4.24. The maximum atomic E-state index is 11.2. The summed E-state index contributed by atoms with van der Waals surface area (Å²) in [5, 5.41) is 0. The highest BCUT2D eigenvalue weighted by Gasteiger charge is 2.38. The molecule has 0 spiro atoms. The minimum absolute atomic E-state index is 0.0333. The largest absolute Gasteiger partial charge is 0.458 e. The highest BCUT2D eigenvalue weighted by Crippen LogP contribution is 2.37. The van der Waals surface area contributed by atoms with Crippen LogP contribution >= 0.6 is 11.6 Å². The van der Waals surface area contributed by atoms with E-state index in [1.54, 1.807) is 0 Å². The minimum Gasteiger partial charge on any atom is -0.458 e. The first-order chi connectivity index (χ1) is 6.60. The van der Waals surface area contributed by atoms with Gasteiger partial charge in [-0.1, -0.05) is 20.3 Å². The SMILES string of the molecule is CC(C)C1(OC(=O)CCl)CCCCC1. The van der Waals surface area contributed by atoms with Crippen molar-refractivity contribution >= 4 is 17.6 Å². The summed E-state index contributed by atoms with van der Waals surface area (Å²) in [6, 6.07) is 0. The van der Waals surface area contributed by atoms with Gasteiger partial charge in [0.05, 0.1) is 0 Å². The monoisotopic (exact) mass is 218 g/mol. The number of carbonyl (C=O) groups is 1. The zero-order chi connectivity index (χ0) is 10.6. The van der Waals surface area contributed by atoms with Gasteiger partial charge < -0.3 is 4.74 Å². The van der Waals surface area contributed by atoms with Crippen molar-refractivity contribution < 1.29 is 9.53 Å². The van der Waals surface area contributed by atoms with E-state index < -0.39 is 0 Å². The molecule has 0 aromatic rings. The van der Waals surface area contributed by atoms with Gasteiger partial charge in [-0.05, 0) is 31.6 Å². The van der Waals surface area contributed by atoms with Crippen molar-refractivity contribution in [2.45, 2.75) is 51.6 Å². The molecule has 1 aliphatic carbocycles. The van der Waals surface area contributed by atoms with E-state index in [1.165, 1.54) is 6.42 Å². The quantitative estimate of drug-likeness (QED) is 0.538. The van der Waals surface area contributed by atoms with Crippen molar-refractivity contribution in [1.29, 1.82) is 0 Å². The van der Waals surface area contributed by atoms with Gasteiger partial charge in [0.25, 0.3) is 0 Å². The van der Waals surface area contributed by atoms with E-state index in [9.17, 15) is 4.79 Å². The van der Waals surface area contributed by atoms with Gasteiger partial charge in [-0.2, -0.15) is 0 Å². The lowest BCUT2D eigenvalue weighted by molar-refractivity contribution is -0.166. The number of hydrogen-bond donors (Lipinski definition) is 0. The average molecular weight is 219 g/mol. The van der Waals surface area contributed by atoms with E-state index in [0.29, 0.717) is 5.92 Å². The van der Waals surface area contributed by atoms with E-state index in [-0.39, 0.29) is 17.5 Å². The summed E-state index contributed by atoms with van der Waals surface area (Å²) in [5.74, 6) is 0.0753. The van der Waals surface area contributed by atoms with Crippen LogP contribution in [0.15, 0.2) is 0 Å². The molecule has 0 aromatic heterocycles. The first-order valence-electron chi connectivity index (χ1n) is 5.38. The van der Waals surface area contributed by atoms with Crippen LogP contribution in [0.1, 0.15) is 46.0 Å². The van der Waals surface area contributed by atoms with Crippen molar-refractivity contribution in [3.63, 3.8) is 0 Å². The Kier molecular flexibility index (Phi) is 4.24. The smallest absolute Gasteiger partial charge is 0.321 e. The molecular formula is C11H19ClO2. The van der Waals surface area contributed by atoms with Crippen LogP contribution in [-0.4, -0.2) is 17.5 Å². The average Bonchev–Trinajstić information content (AvgIpc) is 2.19. The summed E-state index contributed by atoms with van der Waals surface area (Å²) < 4.78 is 5.52. The fraction of sp³-hybridized carbons (Fsp3) is 0.909. The number of alkyl halides is 1. The predicted octanol–water partition coefficient (Wildman–Crippen LogP) is 3.13. The van der Waals surface area contributed by atoms with Crippen LogP contribution in [0.25, 0.3) is 0 Å². The van der Waals surface area contributed by atoms with Gasteiger partial charge in [0.1, 0.15) is 11.5 Å². The molecule has 0 heterocycles. The van der Waals surface area contributed by atoms with Crippen molar-refractivity contribution in [3.8, 4) is 0 Å². The summed E-state index contributed by atoms with van der Waals surface area (Å²) in [7, 11) is 0. The third kappa shape index (κ3) is 2.63. The van der Waals surface area contributed by atoms with Crippen molar-refractivity contribution in [1.82, 2.24) is 0 Å². The predicted molar refractivity (Wildman–Crippen MR) is 57.5 cm³/mol. The fourth-order valence-corrected chi connectivity index (χ4v) is 2.26. The molecule has 0 aliphatic heterocycles. The lowest BCUT2D eigenvalue weighted by atomic mass is 9.77. The van der Waals surface area contributed by atoms with Crippen LogP contribution < -0.4 is 0 Å². The first kappa shape index (κ1) is 11.8. The Morgan fingerprint density at radius 3 is 2.36 bits per heavy atom.